The number of piperazine rings is 1. The highest BCUT2D eigenvalue weighted by atomic mass is 127. The molecule has 2 rings (SSSR count). The van der Waals surface area contributed by atoms with Crippen LogP contribution in [0.5, 0.6) is 0 Å². The number of rotatable bonds is 5. The molecule has 0 saturated carbocycles. The molecular weight excluding hydrogens is 371 g/mol. The van der Waals surface area contributed by atoms with Gasteiger partial charge in [0, 0.05) is 34.8 Å². The van der Waals surface area contributed by atoms with Gasteiger partial charge in [-0.15, -0.1) is 0 Å². The Labute approximate surface area is 143 Å². The largest absolute Gasteiger partial charge is 0.311 e. The highest BCUT2D eigenvalue weighted by molar-refractivity contribution is 14.1. The van der Waals surface area contributed by atoms with Crippen molar-refractivity contribution < 1.29 is 0 Å². The molecule has 0 aliphatic carbocycles. The molecule has 1 saturated heterocycles. The highest BCUT2D eigenvalue weighted by Gasteiger charge is 2.39. The van der Waals surface area contributed by atoms with Gasteiger partial charge in [-0.1, -0.05) is 39.8 Å². The third-order valence-corrected chi connectivity index (χ3v) is 5.91. The lowest BCUT2D eigenvalue weighted by Gasteiger charge is -2.50. The summed E-state index contributed by atoms with van der Waals surface area (Å²) < 4.78 is 1.31. The minimum absolute atomic E-state index is 0.314. The maximum Gasteiger partial charge on any atom is 0.0333 e. The molecule has 1 aliphatic rings. The van der Waals surface area contributed by atoms with Crippen LogP contribution in [0.25, 0.3) is 0 Å². The standard InChI is InChI=1S/C18H29IN2/c1-5-18(6-2)13-20-17(14(3)4)12-21(18)11-15-7-9-16(19)10-8-15/h7-10,14,17,20H,5-6,11-13H2,1-4H3. The Bertz CT molecular complexity index is 437. The highest BCUT2D eigenvalue weighted by Crippen LogP contribution is 2.30. The van der Waals surface area contributed by atoms with E-state index in [1.54, 1.807) is 0 Å². The molecule has 21 heavy (non-hydrogen) atoms. The average Bonchev–Trinajstić information content (AvgIpc) is 2.49. The smallest absolute Gasteiger partial charge is 0.0333 e. The maximum absolute atomic E-state index is 3.79. The Kier molecular flexibility index (Phi) is 6.09. The molecule has 1 N–H and O–H groups in total. The molecule has 1 aliphatic heterocycles. The van der Waals surface area contributed by atoms with Crippen LogP contribution in [-0.2, 0) is 6.54 Å². The first-order valence-corrected chi connectivity index (χ1v) is 9.31. The SMILES string of the molecule is CCC1(CC)CNC(C(C)C)CN1Cc1ccc(I)cc1. The number of benzene rings is 1. The Balaban J connectivity index is 2.18. The summed E-state index contributed by atoms with van der Waals surface area (Å²) in [7, 11) is 0. The number of nitrogens with one attached hydrogen (secondary N) is 1. The van der Waals surface area contributed by atoms with Crippen molar-refractivity contribution in [2.45, 2.75) is 58.7 Å². The average molecular weight is 400 g/mol. The fourth-order valence-corrected chi connectivity index (χ4v) is 3.72. The van der Waals surface area contributed by atoms with Crippen molar-refractivity contribution in [2.24, 2.45) is 5.92 Å². The molecule has 118 valence electrons. The zero-order valence-corrected chi connectivity index (χ0v) is 16.0. The summed E-state index contributed by atoms with van der Waals surface area (Å²) >= 11 is 2.38. The van der Waals surface area contributed by atoms with Gasteiger partial charge >= 0.3 is 0 Å². The molecule has 0 aromatic heterocycles. The van der Waals surface area contributed by atoms with E-state index in [0.29, 0.717) is 17.5 Å². The van der Waals surface area contributed by atoms with E-state index in [0.717, 1.165) is 19.6 Å². The molecule has 1 fully saturated rings. The zero-order valence-electron chi connectivity index (χ0n) is 13.8. The first-order chi connectivity index (χ1) is 10.0. The fourth-order valence-electron chi connectivity index (χ4n) is 3.36. The second-order valence-corrected chi connectivity index (χ2v) is 7.92. The maximum atomic E-state index is 3.79. The number of hydrogen-bond donors (Lipinski definition) is 1. The second kappa shape index (κ2) is 7.42. The Morgan fingerprint density at radius 2 is 1.86 bits per heavy atom. The lowest BCUT2D eigenvalue weighted by atomic mass is 9.85. The number of hydrogen-bond acceptors (Lipinski definition) is 2. The van der Waals surface area contributed by atoms with Crippen molar-refractivity contribution in [3.63, 3.8) is 0 Å². The molecule has 0 bridgehead atoms. The van der Waals surface area contributed by atoms with Crippen molar-refractivity contribution in [3.8, 4) is 0 Å². The summed E-state index contributed by atoms with van der Waals surface area (Å²) in [6.45, 7) is 12.7. The van der Waals surface area contributed by atoms with Crippen LogP contribution in [-0.4, -0.2) is 29.6 Å². The summed E-state index contributed by atoms with van der Waals surface area (Å²) in [6, 6.07) is 9.61. The van der Waals surface area contributed by atoms with Crippen LogP contribution in [0.2, 0.25) is 0 Å². The topological polar surface area (TPSA) is 15.3 Å². The van der Waals surface area contributed by atoms with Gasteiger partial charge in [0.1, 0.15) is 0 Å². The van der Waals surface area contributed by atoms with Crippen molar-refractivity contribution in [2.75, 3.05) is 13.1 Å². The van der Waals surface area contributed by atoms with Gasteiger partial charge in [-0.3, -0.25) is 4.90 Å². The van der Waals surface area contributed by atoms with E-state index in [9.17, 15) is 0 Å². The lowest BCUT2D eigenvalue weighted by molar-refractivity contribution is 0.0156. The zero-order chi connectivity index (χ0) is 15.5. The van der Waals surface area contributed by atoms with Crippen LogP contribution in [0.3, 0.4) is 0 Å². The molecule has 0 radical (unpaired) electrons. The van der Waals surface area contributed by atoms with Gasteiger partial charge in [0.2, 0.25) is 0 Å². The van der Waals surface area contributed by atoms with Crippen molar-refractivity contribution in [3.05, 3.63) is 33.4 Å². The van der Waals surface area contributed by atoms with E-state index in [-0.39, 0.29) is 0 Å². The Hall–Kier alpha value is -0.130. The van der Waals surface area contributed by atoms with Crippen molar-refractivity contribution >= 4 is 22.6 Å². The van der Waals surface area contributed by atoms with Gasteiger partial charge < -0.3 is 5.32 Å². The van der Waals surface area contributed by atoms with E-state index in [2.05, 4.69) is 84.8 Å². The summed E-state index contributed by atoms with van der Waals surface area (Å²) in [6.07, 6.45) is 2.43. The van der Waals surface area contributed by atoms with Gasteiger partial charge in [0.15, 0.2) is 0 Å². The Morgan fingerprint density at radius 1 is 1.24 bits per heavy atom. The van der Waals surface area contributed by atoms with E-state index in [1.165, 1.54) is 22.0 Å². The predicted octanol–water partition coefficient (Wildman–Crippen LogP) is 4.28. The van der Waals surface area contributed by atoms with Crippen molar-refractivity contribution in [1.29, 1.82) is 0 Å². The van der Waals surface area contributed by atoms with Gasteiger partial charge in [0.05, 0.1) is 0 Å². The van der Waals surface area contributed by atoms with Crippen LogP contribution in [0.15, 0.2) is 24.3 Å². The van der Waals surface area contributed by atoms with Crippen LogP contribution in [0, 0.1) is 9.49 Å². The second-order valence-electron chi connectivity index (χ2n) is 6.67. The first kappa shape index (κ1) is 17.2. The van der Waals surface area contributed by atoms with Crippen LogP contribution >= 0.6 is 22.6 Å². The minimum atomic E-state index is 0.314. The van der Waals surface area contributed by atoms with Gasteiger partial charge in [-0.05, 0) is 59.0 Å². The third-order valence-electron chi connectivity index (χ3n) is 5.19. The molecule has 1 aromatic rings. The fraction of sp³-hybridized carbons (Fsp3) is 0.667. The summed E-state index contributed by atoms with van der Waals surface area (Å²) in [5, 5.41) is 3.79. The van der Waals surface area contributed by atoms with Gasteiger partial charge in [-0.25, -0.2) is 0 Å². The monoisotopic (exact) mass is 400 g/mol. The van der Waals surface area contributed by atoms with Crippen LogP contribution in [0.4, 0.5) is 0 Å². The molecule has 1 heterocycles. The summed E-state index contributed by atoms with van der Waals surface area (Å²) in [5.74, 6) is 0.691. The number of halogens is 1. The summed E-state index contributed by atoms with van der Waals surface area (Å²) in [5.41, 5.74) is 1.75. The summed E-state index contributed by atoms with van der Waals surface area (Å²) in [4.78, 5) is 2.73. The normalized spacial score (nSPS) is 22.7. The molecule has 0 spiro atoms. The Morgan fingerprint density at radius 3 is 2.38 bits per heavy atom. The van der Waals surface area contributed by atoms with Gasteiger partial charge in [-0.2, -0.15) is 0 Å². The molecule has 1 aromatic carbocycles. The van der Waals surface area contributed by atoms with E-state index in [1.807, 2.05) is 0 Å². The third kappa shape index (κ3) is 3.99. The molecular formula is C18H29IN2. The van der Waals surface area contributed by atoms with Crippen LogP contribution < -0.4 is 5.32 Å². The van der Waals surface area contributed by atoms with E-state index in [4.69, 9.17) is 0 Å². The molecule has 2 nitrogen and oxygen atoms in total. The molecule has 0 amide bonds. The first-order valence-electron chi connectivity index (χ1n) is 8.23. The minimum Gasteiger partial charge on any atom is -0.311 e. The molecule has 1 atom stereocenters. The molecule has 3 heteroatoms. The lowest BCUT2D eigenvalue weighted by Crippen LogP contribution is -2.64. The van der Waals surface area contributed by atoms with Crippen molar-refractivity contribution in [1.82, 2.24) is 10.2 Å². The van der Waals surface area contributed by atoms with Crippen LogP contribution in [0.1, 0.15) is 46.1 Å². The quantitative estimate of drug-likeness (QED) is 0.743. The van der Waals surface area contributed by atoms with E-state index < -0.39 is 0 Å². The van der Waals surface area contributed by atoms with Gasteiger partial charge in [0.25, 0.3) is 0 Å². The number of nitrogens with zero attached hydrogens (tertiary/aromatic N) is 1. The molecule has 1 unspecified atom stereocenters. The predicted molar refractivity (Wildman–Crippen MR) is 99.5 cm³/mol. The van der Waals surface area contributed by atoms with E-state index >= 15 is 0 Å².